The molecule has 0 aromatic carbocycles. The fourth-order valence-corrected chi connectivity index (χ4v) is 0.441. The van der Waals surface area contributed by atoms with E-state index in [0.717, 1.165) is 0 Å². The van der Waals surface area contributed by atoms with Gasteiger partial charge in [0.2, 0.25) is 0 Å². The molecule has 0 aliphatic carbocycles. The molecule has 0 fully saturated rings. The molecule has 0 spiro atoms. The molecular weight excluding hydrogens is 131 g/mol. The summed E-state index contributed by atoms with van der Waals surface area (Å²) in [6, 6.07) is 0. The Labute approximate surface area is 47.0 Å². The number of rotatable bonds is 3. The van der Waals surface area contributed by atoms with Crippen molar-refractivity contribution in [1.29, 1.82) is 0 Å². The molecule has 1 unspecified atom stereocenters. The molecule has 0 aromatic rings. The zero-order valence-electron chi connectivity index (χ0n) is 4.11. The number of phosphoric acid groups is 1. The molecule has 0 saturated carbocycles. The molecule has 0 aliphatic rings. The van der Waals surface area contributed by atoms with Crippen LogP contribution in [0.3, 0.4) is 0 Å². The highest BCUT2D eigenvalue weighted by Crippen LogP contribution is 2.29. The van der Waals surface area contributed by atoms with Crippen LogP contribution in [-0.4, -0.2) is 11.5 Å². The Balaban J connectivity index is 3.40. The third-order valence-corrected chi connectivity index (χ3v) is 0.831. The van der Waals surface area contributed by atoms with Crippen LogP contribution in [0.4, 0.5) is 0 Å². The van der Waals surface area contributed by atoms with Gasteiger partial charge in [-0.3, -0.25) is 4.57 Å². The van der Waals surface area contributed by atoms with Crippen molar-refractivity contribution in [2.45, 2.75) is 0 Å². The van der Waals surface area contributed by atoms with E-state index in [0.29, 0.717) is 0 Å². The summed E-state index contributed by atoms with van der Waals surface area (Å²) in [6.07, 6.45) is 1.22. The molecule has 48 valence electrons. The first-order chi connectivity index (χ1) is 3.56. The van der Waals surface area contributed by atoms with E-state index in [1.54, 1.807) is 0 Å². The van der Waals surface area contributed by atoms with Crippen molar-refractivity contribution in [2.24, 2.45) is 0 Å². The summed E-state index contributed by atoms with van der Waals surface area (Å²) in [5.74, 6) is 0. The molecule has 8 heavy (non-hydrogen) atoms. The molecule has 0 radical (unpaired) electrons. The average molecular weight is 137 g/mol. The molecule has 0 heterocycles. The molecule has 4 nitrogen and oxygen atoms in total. The first-order valence-electron chi connectivity index (χ1n) is 1.85. The lowest BCUT2D eigenvalue weighted by molar-refractivity contribution is -0.218. The minimum absolute atomic E-state index is 0.183. The largest absolute Gasteiger partial charge is 0.756 e. The van der Waals surface area contributed by atoms with Crippen LogP contribution >= 0.6 is 7.82 Å². The number of phosphoric ester groups is 1. The summed E-state index contributed by atoms with van der Waals surface area (Å²) < 4.78 is 13.5. The molecule has 0 aliphatic heterocycles. The second-order valence-corrected chi connectivity index (χ2v) is 2.25. The van der Waals surface area contributed by atoms with Crippen LogP contribution in [-0.2, 0) is 9.09 Å². The van der Waals surface area contributed by atoms with Crippen molar-refractivity contribution in [3.63, 3.8) is 0 Å². The summed E-state index contributed by atoms with van der Waals surface area (Å²) >= 11 is 0. The van der Waals surface area contributed by atoms with E-state index in [1.807, 2.05) is 0 Å². The Kier molecular flexibility index (Phi) is 2.94. The summed E-state index contributed by atoms with van der Waals surface area (Å²) in [7, 11) is -4.50. The first-order valence-corrected chi connectivity index (χ1v) is 3.35. The predicted octanol–water partition coefficient (Wildman–Crippen LogP) is -0.350. The van der Waals surface area contributed by atoms with Crippen LogP contribution in [0.15, 0.2) is 12.7 Å². The molecule has 0 amide bonds. The summed E-state index contributed by atoms with van der Waals surface area (Å²) in [5, 5.41) is 0. The minimum atomic E-state index is -4.50. The topological polar surface area (TPSA) is 69.6 Å². The Bertz CT molecular complexity index is 114. The van der Waals surface area contributed by atoms with E-state index in [1.165, 1.54) is 6.08 Å². The molecule has 0 rings (SSSR count). The van der Waals surface area contributed by atoms with Crippen molar-refractivity contribution in [1.82, 2.24) is 0 Å². The summed E-state index contributed by atoms with van der Waals surface area (Å²) in [5.41, 5.74) is 0. The van der Waals surface area contributed by atoms with Gasteiger partial charge in [-0.25, -0.2) is 0 Å². The predicted molar refractivity (Wildman–Crippen MR) is 26.0 cm³/mol. The number of hydrogen-bond donors (Lipinski definition) is 1. The van der Waals surface area contributed by atoms with E-state index in [-0.39, 0.29) is 6.61 Å². The van der Waals surface area contributed by atoms with Gasteiger partial charge in [-0.1, -0.05) is 6.08 Å². The maximum Gasteiger partial charge on any atom is 0.265 e. The van der Waals surface area contributed by atoms with Gasteiger partial charge in [0.1, 0.15) is 0 Å². The number of hydrogen-bond acceptors (Lipinski definition) is 3. The van der Waals surface area contributed by atoms with Crippen LogP contribution in [0.25, 0.3) is 0 Å². The molecule has 0 bridgehead atoms. The summed E-state index contributed by atoms with van der Waals surface area (Å²) in [4.78, 5) is 17.6. The lowest BCUT2D eigenvalue weighted by Crippen LogP contribution is -2.02. The summed E-state index contributed by atoms with van der Waals surface area (Å²) in [6.45, 7) is 2.98. The lowest BCUT2D eigenvalue weighted by Gasteiger charge is -2.12. The SMILES string of the molecule is C=CCOP(=O)([O-])O. The third-order valence-electron chi connectivity index (χ3n) is 0.356. The van der Waals surface area contributed by atoms with E-state index < -0.39 is 7.82 Å². The van der Waals surface area contributed by atoms with Crippen molar-refractivity contribution in [3.8, 4) is 0 Å². The van der Waals surface area contributed by atoms with E-state index >= 15 is 0 Å². The van der Waals surface area contributed by atoms with Crippen molar-refractivity contribution in [2.75, 3.05) is 6.61 Å². The van der Waals surface area contributed by atoms with Gasteiger partial charge in [0, 0.05) is 0 Å². The maximum absolute atomic E-state index is 9.70. The second kappa shape index (κ2) is 2.99. The van der Waals surface area contributed by atoms with Crippen molar-refractivity contribution < 1.29 is 18.9 Å². The van der Waals surface area contributed by atoms with Gasteiger partial charge < -0.3 is 14.3 Å². The van der Waals surface area contributed by atoms with Crippen LogP contribution < -0.4 is 4.89 Å². The zero-order chi connectivity index (χ0) is 6.62. The molecular formula is C3H6O4P-. The Morgan fingerprint density at radius 1 is 2.00 bits per heavy atom. The zero-order valence-corrected chi connectivity index (χ0v) is 5.01. The highest BCUT2D eigenvalue weighted by molar-refractivity contribution is 7.44. The second-order valence-electron chi connectivity index (χ2n) is 1.05. The molecule has 0 aromatic heterocycles. The van der Waals surface area contributed by atoms with Gasteiger partial charge in [-0.2, -0.15) is 0 Å². The Hall–Kier alpha value is -0.150. The average Bonchev–Trinajstić information content (AvgIpc) is 1.59. The normalized spacial score (nSPS) is 17.2. The highest BCUT2D eigenvalue weighted by Gasteiger charge is 1.96. The van der Waals surface area contributed by atoms with Crippen LogP contribution in [0, 0.1) is 0 Å². The van der Waals surface area contributed by atoms with Gasteiger partial charge in [-0.05, 0) is 0 Å². The van der Waals surface area contributed by atoms with Gasteiger partial charge in [0.25, 0.3) is 7.82 Å². The smallest absolute Gasteiger partial charge is 0.265 e. The quantitative estimate of drug-likeness (QED) is 0.426. The standard InChI is InChI=1S/C3H7O4P/c1-2-3-7-8(4,5)6/h2H,1,3H2,(H2,4,5,6)/p-1. The molecule has 1 N–H and O–H groups in total. The molecule has 1 atom stereocenters. The van der Waals surface area contributed by atoms with Crippen LogP contribution in [0.1, 0.15) is 0 Å². The molecule has 0 saturated heterocycles. The monoisotopic (exact) mass is 137 g/mol. The van der Waals surface area contributed by atoms with Crippen molar-refractivity contribution >= 4 is 7.82 Å². The minimum Gasteiger partial charge on any atom is -0.756 e. The van der Waals surface area contributed by atoms with Crippen molar-refractivity contribution in [3.05, 3.63) is 12.7 Å². The van der Waals surface area contributed by atoms with Gasteiger partial charge in [0.05, 0.1) is 6.61 Å². The van der Waals surface area contributed by atoms with E-state index in [9.17, 15) is 9.46 Å². The Morgan fingerprint density at radius 3 is 2.62 bits per heavy atom. The lowest BCUT2D eigenvalue weighted by atomic mass is 10.7. The van der Waals surface area contributed by atoms with Crippen LogP contribution in [0.2, 0.25) is 0 Å². The Morgan fingerprint density at radius 2 is 2.50 bits per heavy atom. The highest BCUT2D eigenvalue weighted by atomic mass is 31.2. The van der Waals surface area contributed by atoms with Gasteiger partial charge >= 0.3 is 0 Å². The third kappa shape index (κ3) is 5.85. The molecule has 5 heteroatoms. The fourth-order valence-electron chi connectivity index (χ4n) is 0.147. The van der Waals surface area contributed by atoms with Gasteiger partial charge in [0.15, 0.2) is 0 Å². The fraction of sp³-hybridized carbons (Fsp3) is 0.333. The first kappa shape index (κ1) is 7.85. The van der Waals surface area contributed by atoms with Crippen LogP contribution in [0.5, 0.6) is 0 Å². The maximum atomic E-state index is 9.70. The van der Waals surface area contributed by atoms with Gasteiger partial charge in [-0.15, -0.1) is 6.58 Å². The van der Waals surface area contributed by atoms with E-state index in [2.05, 4.69) is 11.1 Å². The van der Waals surface area contributed by atoms with E-state index in [4.69, 9.17) is 4.89 Å².